The Labute approximate surface area is 93.6 Å². The van der Waals surface area contributed by atoms with Gasteiger partial charge in [0, 0.05) is 11.5 Å². The van der Waals surface area contributed by atoms with Gasteiger partial charge >= 0.3 is 0 Å². The first-order chi connectivity index (χ1) is 6.94. The molecule has 1 spiro atoms. The van der Waals surface area contributed by atoms with E-state index < -0.39 is 0 Å². The molecule has 0 bridgehead atoms. The van der Waals surface area contributed by atoms with Gasteiger partial charge in [0.1, 0.15) is 0 Å². The average Bonchev–Trinajstić information content (AvgIpc) is 2.17. The predicted molar refractivity (Wildman–Crippen MR) is 62.7 cm³/mol. The first kappa shape index (κ1) is 11.4. The molecule has 0 heterocycles. The van der Waals surface area contributed by atoms with E-state index in [1.165, 1.54) is 32.1 Å². The van der Waals surface area contributed by atoms with E-state index in [9.17, 15) is 0 Å². The summed E-state index contributed by atoms with van der Waals surface area (Å²) in [6.45, 7) is 6.44. The van der Waals surface area contributed by atoms with E-state index in [0.29, 0.717) is 17.6 Å². The predicted octanol–water partition coefficient (Wildman–Crippen LogP) is 2.85. The van der Waals surface area contributed by atoms with E-state index >= 15 is 0 Å². The average molecular weight is 211 g/mol. The summed E-state index contributed by atoms with van der Waals surface area (Å²) in [4.78, 5) is 0. The molecule has 2 rings (SSSR count). The van der Waals surface area contributed by atoms with Gasteiger partial charge in [-0.2, -0.15) is 0 Å². The lowest BCUT2D eigenvalue weighted by Crippen LogP contribution is -2.64. The van der Waals surface area contributed by atoms with Crippen LogP contribution in [0.4, 0.5) is 0 Å². The highest BCUT2D eigenvalue weighted by atomic mass is 16.5. The third-order valence-electron chi connectivity index (χ3n) is 4.13. The van der Waals surface area contributed by atoms with Gasteiger partial charge < -0.3 is 10.5 Å². The Morgan fingerprint density at radius 3 is 2.20 bits per heavy atom. The van der Waals surface area contributed by atoms with Crippen LogP contribution in [0.25, 0.3) is 0 Å². The van der Waals surface area contributed by atoms with Crippen molar-refractivity contribution in [1.29, 1.82) is 0 Å². The summed E-state index contributed by atoms with van der Waals surface area (Å²) in [5, 5.41) is 0. The monoisotopic (exact) mass is 211 g/mol. The summed E-state index contributed by atoms with van der Waals surface area (Å²) in [6, 6.07) is 0.394. The van der Waals surface area contributed by atoms with Gasteiger partial charge in [0.05, 0.1) is 11.7 Å². The number of hydrogen-bond acceptors (Lipinski definition) is 2. The molecule has 2 aliphatic carbocycles. The Hall–Kier alpha value is -0.0800. The van der Waals surface area contributed by atoms with E-state index in [-0.39, 0.29) is 5.60 Å². The zero-order chi connectivity index (χ0) is 11.1. The molecule has 2 fully saturated rings. The SMILES string of the molecule is CC(C)(C)OC1CC(N)C12CCCCC2. The molecule has 2 nitrogen and oxygen atoms in total. The van der Waals surface area contributed by atoms with E-state index in [1.807, 2.05) is 0 Å². The van der Waals surface area contributed by atoms with E-state index in [2.05, 4.69) is 20.8 Å². The van der Waals surface area contributed by atoms with Gasteiger partial charge in [-0.3, -0.25) is 0 Å². The fourth-order valence-corrected chi connectivity index (χ4v) is 3.27. The summed E-state index contributed by atoms with van der Waals surface area (Å²) in [5.41, 5.74) is 6.54. The summed E-state index contributed by atoms with van der Waals surface area (Å²) < 4.78 is 6.16. The first-order valence-electron chi connectivity index (χ1n) is 6.37. The highest BCUT2D eigenvalue weighted by Gasteiger charge is 2.54. The molecular formula is C13H25NO. The molecule has 2 aliphatic rings. The summed E-state index contributed by atoms with van der Waals surface area (Å²) in [7, 11) is 0. The lowest BCUT2D eigenvalue weighted by molar-refractivity contribution is -0.191. The van der Waals surface area contributed by atoms with Crippen LogP contribution < -0.4 is 5.73 Å². The molecule has 0 aliphatic heterocycles. The lowest BCUT2D eigenvalue weighted by Gasteiger charge is -2.57. The van der Waals surface area contributed by atoms with E-state index in [4.69, 9.17) is 10.5 Å². The fraction of sp³-hybridized carbons (Fsp3) is 1.00. The zero-order valence-electron chi connectivity index (χ0n) is 10.4. The second kappa shape index (κ2) is 3.74. The molecular weight excluding hydrogens is 186 g/mol. The topological polar surface area (TPSA) is 35.2 Å². The van der Waals surface area contributed by atoms with Crippen LogP contribution in [0, 0.1) is 5.41 Å². The van der Waals surface area contributed by atoms with Gasteiger partial charge in [-0.25, -0.2) is 0 Å². The molecule has 0 aromatic heterocycles. The molecule has 2 saturated carbocycles. The zero-order valence-corrected chi connectivity index (χ0v) is 10.4. The van der Waals surface area contributed by atoms with Crippen molar-refractivity contribution in [3.05, 3.63) is 0 Å². The molecule has 15 heavy (non-hydrogen) atoms. The van der Waals surface area contributed by atoms with Crippen molar-refractivity contribution < 1.29 is 4.74 Å². The minimum atomic E-state index is -0.0186. The van der Waals surface area contributed by atoms with Crippen LogP contribution in [-0.4, -0.2) is 17.7 Å². The van der Waals surface area contributed by atoms with Gasteiger partial charge in [0.15, 0.2) is 0 Å². The van der Waals surface area contributed by atoms with Gasteiger partial charge in [-0.05, 0) is 40.0 Å². The van der Waals surface area contributed by atoms with Gasteiger partial charge in [0.2, 0.25) is 0 Å². The third-order valence-corrected chi connectivity index (χ3v) is 4.13. The van der Waals surface area contributed by atoms with E-state index in [1.54, 1.807) is 0 Å². The second-order valence-electron chi connectivity index (χ2n) is 6.35. The number of nitrogens with two attached hydrogens (primary N) is 1. The van der Waals surface area contributed by atoms with Gasteiger partial charge in [-0.1, -0.05) is 19.3 Å². The Balaban J connectivity index is 2.02. The quantitative estimate of drug-likeness (QED) is 0.724. The summed E-state index contributed by atoms with van der Waals surface area (Å²) in [5.74, 6) is 0. The molecule has 2 unspecified atom stereocenters. The molecule has 0 aromatic carbocycles. The molecule has 0 saturated heterocycles. The molecule has 2 atom stereocenters. The molecule has 0 amide bonds. The van der Waals surface area contributed by atoms with Crippen molar-refractivity contribution in [1.82, 2.24) is 0 Å². The first-order valence-corrected chi connectivity index (χ1v) is 6.37. The minimum Gasteiger partial charge on any atom is -0.372 e. The highest BCUT2D eigenvalue weighted by Crippen LogP contribution is 2.53. The summed E-state index contributed by atoms with van der Waals surface area (Å²) >= 11 is 0. The van der Waals surface area contributed by atoms with Gasteiger partial charge in [0.25, 0.3) is 0 Å². The smallest absolute Gasteiger partial charge is 0.0668 e. The van der Waals surface area contributed by atoms with Crippen molar-refractivity contribution in [3.8, 4) is 0 Å². The van der Waals surface area contributed by atoms with Crippen molar-refractivity contribution in [3.63, 3.8) is 0 Å². The highest BCUT2D eigenvalue weighted by molar-refractivity contribution is 5.08. The van der Waals surface area contributed by atoms with Crippen molar-refractivity contribution >= 4 is 0 Å². The minimum absolute atomic E-state index is 0.0186. The maximum Gasteiger partial charge on any atom is 0.0668 e. The molecule has 0 radical (unpaired) electrons. The van der Waals surface area contributed by atoms with Crippen LogP contribution in [0.2, 0.25) is 0 Å². The van der Waals surface area contributed by atoms with Crippen LogP contribution in [0.15, 0.2) is 0 Å². The Morgan fingerprint density at radius 1 is 1.13 bits per heavy atom. The maximum atomic E-state index is 6.22. The Bertz CT molecular complexity index is 225. The van der Waals surface area contributed by atoms with Crippen LogP contribution in [0.1, 0.15) is 59.3 Å². The largest absolute Gasteiger partial charge is 0.372 e. The number of ether oxygens (including phenoxy) is 1. The molecule has 88 valence electrons. The standard InChI is InChI=1S/C13H25NO/c1-12(2,3)15-11-9-10(14)13(11)7-5-4-6-8-13/h10-11H,4-9,14H2,1-3H3. The third kappa shape index (κ3) is 2.07. The molecule has 2 heteroatoms. The lowest BCUT2D eigenvalue weighted by atomic mass is 9.55. The van der Waals surface area contributed by atoms with Crippen molar-refractivity contribution in [2.24, 2.45) is 11.1 Å². The van der Waals surface area contributed by atoms with E-state index in [0.717, 1.165) is 6.42 Å². The van der Waals surface area contributed by atoms with Crippen LogP contribution in [-0.2, 0) is 4.74 Å². The molecule has 2 N–H and O–H groups in total. The van der Waals surface area contributed by atoms with Crippen LogP contribution in [0.5, 0.6) is 0 Å². The number of hydrogen-bond donors (Lipinski definition) is 1. The van der Waals surface area contributed by atoms with Gasteiger partial charge in [-0.15, -0.1) is 0 Å². The second-order valence-corrected chi connectivity index (χ2v) is 6.35. The number of rotatable bonds is 1. The van der Waals surface area contributed by atoms with Crippen molar-refractivity contribution in [2.45, 2.75) is 77.0 Å². The Morgan fingerprint density at radius 2 is 1.73 bits per heavy atom. The fourth-order valence-electron chi connectivity index (χ4n) is 3.27. The molecule has 0 aromatic rings. The maximum absolute atomic E-state index is 6.22. The van der Waals surface area contributed by atoms with Crippen molar-refractivity contribution in [2.75, 3.05) is 0 Å². The normalized spacial score (nSPS) is 35.2. The van der Waals surface area contributed by atoms with Crippen LogP contribution >= 0.6 is 0 Å². The summed E-state index contributed by atoms with van der Waals surface area (Å²) in [6.07, 6.45) is 8.14. The van der Waals surface area contributed by atoms with Crippen LogP contribution in [0.3, 0.4) is 0 Å². The Kier molecular flexibility index (Phi) is 2.85.